The van der Waals surface area contributed by atoms with Gasteiger partial charge in [0.15, 0.2) is 0 Å². The summed E-state index contributed by atoms with van der Waals surface area (Å²) in [5.41, 5.74) is -0.282. The second-order valence-corrected chi connectivity index (χ2v) is 11.1. The van der Waals surface area contributed by atoms with Gasteiger partial charge in [-0.15, -0.1) is 0 Å². The fourth-order valence-corrected chi connectivity index (χ4v) is 6.91. The molecule has 0 aliphatic carbocycles. The van der Waals surface area contributed by atoms with Crippen molar-refractivity contribution in [2.75, 3.05) is 46.4 Å². The van der Waals surface area contributed by atoms with E-state index >= 15 is 0 Å². The van der Waals surface area contributed by atoms with Crippen molar-refractivity contribution in [3.63, 3.8) is 0 Å². The lowest BCUT2D eigenvalue weighted by Gasteiger charge is -2.34. The number of non-ortho nitro benzene ring substituents is 1. The van der Waals surface area contributed by atoms with Crippen molar-refractivity contribution in [3.8, 4) is 0 Å². The molecule has 1 aliphatic rings. The number of hydrogen-bond acceptors (Lipinski definition) is 7. The zero-order valence-electron chi connectivity index (χ0n) is 17.4. The Morgan fingerprint density at radius 3 is 2.34 bits per heavy atom. The zero-order valence-corrected chi connectivity index (χ0v) is 20.5. The van der Waals surface area contributed by atoms with Gasteiger partial charge in [-0.3, -0.25) is 10.1 Å². The molecule has 0 saturated carbocycles. The molecule has 0 unspecified atom stereocenters. The molecule has 1 saturated heterocycles. The summed E-state index contributed by atoms with van der Waals surface area (Å²) in [7, 11) is -2.30. The Morgan fingerprint density at radius 2 is 1.75 bits per heavy atom. The summed E-state index contributed by atoms with van der Waals surface area (Å²) in [5.74, 6) is 0. The molecule has 3 rings (SSSR count). The van der Waals surface area contributed by atoms with E-state index in [1.807, 2.05) is 0 Å². The summed E-state index contributed by atoms with van der Waals surface area (Å²) in [4.78, 5) is 13.8. The first-order valence-corrected chi connectivity index (χ1v) is 12.9. The third kappa shape index (κ3) is 6.34. The van der Waals surface area contributed by atoms with Gasteiger partial charge in [-0.25, -0.2) is 8.42 Å². The SMILES string of the molecule is COCCCN1CCN(S(=O)(=O)c2cc([N+](=O)[O-])ccc2Sc2cc(Cl)cc(Cl)c2)CC1. The van der Waals surface area contributed by atoms with Crippen LogP contribution in [0, 0.1) is 10.1 Å². The molecule has 0 bridgehead atoms. The maximum absolute atomic E-state index is 13.5. The Hall–Kier alpha value is -1.40. The highest BCUT2D eigenvalue weighted by Gasteiger charge is 2.32. The zero-order chi connectivity index (χ0) is 23.3. The molecule has 2 aromatic carbocycles. The van der Waals surface area contributed by atoms with Crippen molar-refractivity contribution in [2.45, 2.75) is 21.1 Å². The predicted octanol–water partition coefficient (Wildman–Crippen LogP) is 4.40. The number of sulfonamides is 1. The van der Waals surface area contributed by atoms with E-state index in [0.29, 0.717) is 52.6 Å². The summed E-state index contributed by atoms with van der Waals surface area (Å²) in [6, 6.07) is 8.76. The number of nitrogens with zero attached hydrogens (tertiary/aromatic N) is 3. The average Bonchev–Trinajstić information content (AvgIpc) is 2.73. The number of nitro benzene ring substituents is 1. The molecule has 8 nitrogen and oxygen atoms in total. The van der Waals surface area contributed by atoms with Crippen molar-refractivity contribution in [2.24, 2.45) is 0 Å². The number of nitro groups is 1. The van der Waals surface area contributed by atoms with Gasteiger partial charge >= 0.3 is 0 Å². The predicted molar refractivity (Wildman–Crippen MR) is 125 cm³/mol. The largest absolute Gasteiger partial charge is 0.385 e. The summed E-state index contributed by atoms with van der Waals surface area (Å²) in [6.07, 6.45) is 0.872. The normalized spacial score (nSPS) is 15.7. The standard InChI is InChI=1S/C20H23Cl2N3O5S2/c1-30-10-2-5-23-6-8-24(9-7-23)32(28,29)20-14-17(25(26)27)3-4-19(20)31-18-12-15(21)11-16(22)13-18/h3-4,11-14H,2,5-10H2,1H3. The summed E-state index contributed by atoms with van der Waals surface area (Å²) in [5, 5.41) is 12.1. The van der Waals surface area contributed by atoms with Gasteiger partial charge in [0, 0.05) is 78.4 Å². The monoisotopic (exact) mass is 519 g/mol. The maximum atomic E-state index is 13.5. The van der Waals surface area contributed by atoms with E-state index in [1.54, 1.807) is 25.3 Å². The highest BCUT2D eigenvalue weighted by atomic mass is 35.5. The first kappa shape index (κ1) is 25.2. The maximum Gasteiger partial charge on any atom is 0.270 e. The van der Waals surface area contributed by atoms with E-state index in [1.165, 1.54) is 16.4 Å². The van der Waals surface area contributed by atoms with Crippen LogP contribution in [-0.4, -0.2) is 69.0 Å². The molecule has 0 aromatic heterocycles. The molecule has 0 atom stereocenters. The first-order valence-electron chi connectivity index (χ1n) is 9.84. The number of methoxy groups -OCH3 is 1. The van der Waals surface area contributed by atoms with Gasteiger partial charge in [-0.05, 0) is 30.7 Å². The molecule has 174 valence electrons. The van der Waals surface area contributed by atoms with Crippen molar-refractivity contribution < 1.29 is 18.1 Å². The number of piperazine rings is 1. The van der Waals surface area contributed by atoms with Crippen LogP contribution >= 0.6 is 35.0 Å². The van der Waals surface area contributed by atoms with Crippen LogP contribution in [0.2, 0.25) is 10.0 Å². The lowest BCUT2D eigenvalue weighted by Crippen LogP contribution is -2.48. The molecule has 1 fully saturated rings. The number of ether oxygens (including phenoxy) is 1. The average molecular weight is 520 g/mol. The topological polar surface area (TPSA) is 93.0 Å². The smallest absolute Gasteiger partial charge is 0.270 e. The van der Waals surface area contributed by atoms with E-state index in [0.717, 1.165) is 30.8 Å². The van der Waals surface area contributed by atoms with Crippen molar-refractivity contribution in [1.29, 1.82) is 0 Å². The van der Waals surface area contributed by atoms with E-state index in [2.05, 4.69) is 4.90 Å². The van der Waals surface area contributed by atoms with Gasteiger partial charge in [0.05, 0.1) is 4.92 Å². The second kappa shape index (κ2) is 11.1. The highest BCUT2D eigenvalue weighted by Crippen LogP contribution is 2.38. The third-order valence-electron chi connectivity index (χ3n) is 4.97. The lowest BCUT2D eigenvalue weighted by molar-refractivity contribution is -0.385. The molecule has 0 N–H and O–H groups in total. The van der Waals surface area contributed by atoms with Crippen LogP contribution in [0.4, 0.5) is 5.69 Å². The molecular weight excluding hydrogens is 497 g/mol. The van der Waals surface area contributed by atoms with Crippen LogP contribution in [0.5, 0.6) is 0 Å². The molecule has 12 heteroatoms. The Kier molecular flexibility index (Phi) is 8.79. The number of benzene rings is 2. The Bertz CT molecular complexity index is 1060. The van der Waals surface area contributed by atoms with Crippen molar-refractivity contribution in [3.05, 3.63) is 56.6 Å². The van der Waals surface area contributed by atoms with Crippen LogP contribution in [0.15, 0.2) is 51.1 Å². The van der Waals surface area contributed by atoms with Gasteiger partial charge < -0.3 is 9.64 Å². The Morgan fingerprint density at radius 1 is 1.09 bits per heavy atom. The van der Waals surface area contributed by atoms with Crippen LogP contribution in [0.1, 0.15) is 6.42 Å². The van der Waals surface area contributed by atoms with Crippen LogP contribution < -0.4 is 0 Å². The summed E-state index contributed by atoms with van der Waals surface area (Å²) < 4.78 is 33.4. The van der Waals surface area contributed by atoms with E-state index in [9.17, 15) is 18.5 Å². The van der Waals surface area contributed by atoms with Gasteiger partial charge in [0.1, 0.15) is 4.90 Å². The second-order valence-electron chi connectivity index (χ2n) is 7.19. The van der Waals surface area contributed by atoms with Crippen LogP contribution in [0.25, 0.3) is 0 Å². The summed E-state index contributed by atoms with van der Waals surface area (Å²) in [6.45, 7) is 3.28. The molecule has 2 aromatic rings. The molecule has 0 radical (unpaired) electrons. The lowest BCUT2D eigenvalue weighted by atomic mass is 10.3. The molecule has 0 spiro atoms. The van der Waals surface area contributed by atoms with Gasteiger partial charge in [0.2, 0.25) is 10.0 Å². The molecule has 32 heavy (non-hydrogen) atoms. The van der Waals surface area contributed by atoms with Gasteiger partial charge in [0.25, 0.3) is 5.69 Å². The first-order chi connectivity index (χ1) is 15.2. The molecule has 1 aliphatic heterocycles. The highest BCUT2D eigenvalue weighted by molar-refractivity contribution is 8.00. The third-order valence-corrected chi connectivity index (χ3v) is 8.53. The fourth-order valence-electron chi connectivity index (χ4n) is 3.38. The minimum Gasteiger partial charge on any atom is -0.385 e. The minimum absolute atomic E-state index is 0.0966. The van der Waals surface area contributed by atoms with E-state index in [-0.39, 0.29) is 10.6 Å². The van der Waals surface area contributed by atoms with Crippen molar-refractivity contribution >= 4 is 50.7 Å². The van der Waals surface area contributed by atoms with Gasteiger partial charge in [-0.2, -0.15) is 4.31 Å². The fraction of sp³-hybridized carbons (Fsp3) is 0.400. The molecule has 0 amide bonds. The number of hydrogen-bond donors (Lipinski definition) is 0. The molecule has 1 heterocycles. The number of rotatable bonds is 9. The summed E-state index contributed by atoms with van der Waals surface area (Å²) >= 11 is 13.3. The van der Waals surface area contributed by atoms with Crippen LogP contribution in [-0.2, 0) is 14.8 Å². The van der Waals surface area contributed by atoms with Crippen LogP contribution in [0.3, 0.4) is 0 Å². The Labute approximate surface area is 201 Å². The quantitative estimate of drug-likeness (QED) is 0.275. The number of halogens is 2. The van der Waals surface area contributed by atoms with E-state index < -0.39 is 14.9 Å². The minimum atomic E-state index is -3.95. The van der Waals surface area contributed by atoms with Gasteiger partial charge in [-0.1, -0.05) is 35.0 Å². The Balaban J connectivity index is 1.87. The molecular formula is C20H23Cl2N3O5S2. The van der Waals surface area contributed by atoms with Crippen molar-refractivity contribution in [1.82, 2.24) is 9.21 Å². The van der Waals surface area contributed by atoms with E-state index in [4.69, 9.17) is 27.9 Å².